The lowest BCUT2D eigenvalue weighted by Gasteiger charge is -2.33. The number of amides is 2. The van der Waals surface area contributed by atoms with Gasteiger partial charge in [-0.3, -0.25) is 9.59 Å². The standard InChI is InChI=1S/C31H31N3O3/c1-37-27-17-15-22(16-18-27)21-34(28(30(33)35)20-23-9-8-14-26(32)19-23)31(36)29(24-10-4-2-5-11-24)25-12-6-3-7-13-25/h2-19,28-29H,20-21,32H2,1H3,(H2,33,35)/t28-/m1/s1. The number of nitrogens with two attached hydrogens (primary N) is 2. The Balaban J connectivity index is 1.79. The highest BCUT2D eigenvalue weighted by atomic mass is 16.5. The number of primary amides is 1. The summed E-state index contributed by atoms with van der Waals surface area (Å²) in [6.45, 7) is 0.203. The van der Waals surface area contributed by atoms with Crippen molar-refractivity contribution >= 4 is 17.5 Å². The lowest BCUT2D eigenvalue weighted by atomic mass is 9.89. The molecule has 0 aliphatic heterocycles. The quantitative estimate of drug-likeness (QED) is 0.317. The van der Waals surface area contributed by atoms with Crippen molar-refractivity contribution < 1.29 is 14.3 Å². The van der Waals surface area contributed by atoms with E-state index in [1.165, 1.54) is 0 Å². The summed E-state index contributed by atoms with van der Waals surface area (Å²) >= 11 is 0. The summed E-state index contributed by atoms with van der Waals surface area (Å²) in [5, 5.41) is 0. The summed E-state index contributed by atoms with van der Waals surface area (Å²) in [6.07, 6.45) is 0.249. The maximum absolute atomic E-state index is 14.4. The number of nitrogen functional groups attached to an aromatic ring is 1. The van der Waals surface area contributed by atoms with E-state index in [1.54, 1.807) is 24.1 Å². The van der Waals surface area contributed by atoms with E-state index < -0.39 is 17.9 Å². The molecule has 0 heterocycles. The third-order valence-electron chi connectivity index (χ3n) is 6.39. The Hall–Kier alpha value is -4.58. The molecule has 37 heavy (non-hydrogen) atoms. The van der Waals surface area contributed by atoms with Crippen LogP contribution in [0.25, 0.3) is 0 Å². The van der Waals surface area contributed by atoms with Crippen LogP contribution in [0.3, 0.4) is 0 Å². The smallest absolute Gasteiger partial charge is 0.240 e. The topological polar surface area (TPSA) is 98.7 Å². The molecule has 0 radical (unpaired) electrons. The summed E-state index contributed by atoms with van der Waals surface area (Å²) in [4.78, 5) is 28.9. The van der Waals surface area contributed by atoms with Gasteiger partial charge in [-0.2, -0.15) is 0 Å². The van der Waals surface area contributed by atoms with E-state index in [2.05, 4.69) is 0 Å². The molecule has 0 saturated heterocycles. The molecule has 6 heteroatoms. The fraction of sp³-hybridized carbons (Fsp3) is 0.161. The molecule has 0 bridgehead atoms. The number of methoxy groups -OCH3 is 1. The second kappa shape index (κ2) is 11.9. The third kappa shape index (κ3) is 6.35. The Morgan fingerprint density at radius 3 is 1.89 bits per heavy atom. The highest BCUT2D eigenvalue weighted by molar-refractivity contribution is 5.92. The van der Waals surface area contributed by atoms with Gasteiger partial charge in [0.15, 0.2) is 0 Å². The van der Waals surface area contributed by atoms with Crippen molar-refractivity contribution in [2.24, 2.45) is 5.73 Å². The fourth-order valence-electron chi connectivity index (χ4n) is 4.51. The Morgan fingerprint density at radius 2 is 1.38 bits per heavy atom. The summed E-state index contributed by atoms with van der Waals surface area (Å²) < 4.78 is 5.28. The Morgan fingerprint density at radius 1 is 0.784 bits per heavy atom. The van der Waals surface area contributed by atoms with Gasteiger partial charge in [0, 0.05) is 18.7 Å². The molecule has 4 N–H and O–H groups in total. The van der Waals surface area contributed by atoms with E-state index in [0.717, 1.165) is 22.3 Å². The Bertz CT molecular complexity index is 1290. The minimum Gasteiger partial charge on any atom is -0.497 e. The van der Waals surface area contributed by atoms with Crippen LogP contribution >= 0.6 is 0 Å². The molecule has 0 aliphatic carbocycles. The van der Waals surface area contributed by atoms with Crippen molar-refractivity contribution in [1.82, 2.24) is 4.90 Å². The van der Waals surface area contributed by atoms with E-state index in [0.29, 0.717) is 11.4 Å². The summed E-state index contributed by atoms with van der Waals surface area (Å²) in [5.41, 5.74) is 15.9. The van der Waals surface area contributed by atoms with Gasteiger partial charge in [0.25, 0.3) is 0 Å². The molecule has 4 aromatic carbocycles. The van der Waals surface area contributed by atoms with Crippen molar-refractivity contribution in [2.45, 2.75) is 24.9 Å². The highest BCUT2D eigenvalue weighted by Gasteiger charge is 2.34. The molecule has 0 aliphatic rings. The maximum atomic E-state index is 14.4. The minimum atomic E-state index is -0.883. The van der Waals surface area contributed by atoms with Gasteiger partial charge in [0.1, 0.15) is 11.8 Å². The first kappa shape index (κ1) is 25.5. The molecule has 4 rings (SSSR count). The van der Waals surface area contributed by atoms with E-state index in [-0.39, 0.29) is 18.9 Å². The monoisotopic (exact) mass is 493 g/mol. The lowest BCUT2D eigenvalue weighted by molar-refractivity contribution is -0.140. The first-order valence-electron chi connectivity index (χ1n) is 12.1. The largest absolute Gasteiger partial charge is 0.497 e. The normalized spacial score (nSPS) is 11.6. The summed E-state index contributed by atoms with van der Waals surface area (Å²) in [7, 11) is 1.60. The number of anilines is 1. The first-order valence-corrected chi connectivity index (χ1v) is 12.1. The molecule has 0 fully saturated rings. The molecule has 0 saturated carbocycles. The van der Waals surface area contributed by atoms with Crippen LogP contribution in [-0.2, 0) is 22.6 Å². The number of benzene rings is 4. The van der Waals surface area contributed by atoms with Gasteiger partial charge >= 0.3 is 0 Å². The molecule has 0 unspecified atom stereocenters. The second-order valence-corrected chi connectivity index (χ2v) is 8.94. The zero-order valence-electron chi connectivity index (χ0n) is 20.8. The van der Waals surface area contributed by atoms with Crippen molar-refractivity contribution in [3.8, 4) is 5.75 Å². The van der Waals surface area contributed by atoms with Crippen LogP contribution in [0.1, 0.15) is 28.2 Å². The second-order valence-electron chi connectivity index (χ2n) is 8.94. The molecule has 6 nitrogen and oxygen atoms in total. The molecule has 0 spiro atoms. The Labute approximate surface area is 217 Å². The maximum Gasteiger partial charge on any atom is 0.240 e. The molecule has 0 aromatic heterocycles. The van der Waals surface area contributed by atoms with Crippen molar-refractivity contribution in [3.63, 3.8) is 0 Å². The van der Waals surface area contributed by atoms with E-state index in [4.69, 9.17) is 16.2 Å². The van der Waals surface area contributed by atoms with Crippen LogP contribution in [-0.4, -0.2) is 29.9 Å². The predicted octanol–water partition coefficient (Wildman–Crippen LogP) is 4.53. The highest BCUT2D eigenvalue weighted by Crippen LogP contribution is 2.29. The lowest BCUT2D eigenvalue weighted by Crippen LogP contribution is -2.50. The predicted molar refractivity (Wildman–Crippen MR) is 146 cm³/mol. The molecular weight excluding hydrogens is 462 g/mol. The average molecular weight is 494 g/mol. The van der Waals surface area contributed by atoms with Gasteiger partial charge in [-0.05, 0) is 46.5 Å². The van der Waals surface area contributed by atoms with Gasteiger partial charge in [0.2, 0.25) is 11.8 Å². The van der Waals surface area contributed by atoms with Crippen molar-refractivity contribution in [3.05, 3.63) is 131 Å². The number of nitrogens with zero attached hydrogens (tertiary/aromatic N) is 1. The molecular formula is C31H31N3O3. The fourth-order valence-corrected chi connectivity index (χ4v) is 4.51. The van der Waals surface area contributed by atoms with Gasteiger partial charge < -0.3 is 21.1 Å². The first-order chi connectivity index (χ1) is 18.0. The number of carbonyl (C=O) groups is 2. The van der Waals surface area contributed by atoms with Crippen molar-refractivity contribution in [1.29, 1.82) is 0 Å². The van der Waals surface area contributed by atoms with Crippen LogP contribution in [0.2, 0.25) is 0 Å². The van der Waals surface area contributed by atoms with Crippen LogP contribution in [0.15, 0.2) is 109 Å². The summed E-state index contributed by atoms with van der Waals surface area (Å²) in [6, 6.07) is 33.0. The van der Waals surface area contributed by atoms with Gasteiger partial charge in [-0.1, -0.05) is 84.9 Å². The zero-order chi connectivity index (χ0) is 26.2. The van der Waals surface area contributed by atoms with Crippen LogP contribution in [0.4, 0.5) is 5.69 Å². The number of hydrogen-bond donors (Lipinski definition) is 2. The number of rotatable bonds is 10. The van der Waals surface area contributed by atoms with Gasteiger partial charge in [-0.15, -0.1) is 0 Å². The molecule has 4 aromatic rings. The van der Waals surface area contributed by atoms with Crippen molar-refractivity contribution in [2.75, 3.05) is 12.8 Å². The minimum absolute atomic E-state index is 0.203. The Kier molecular flexibility index (Phi) is 8.21. The zero-order valence-corrected chi connectivity index (χ0v) is 20.8. The third-order valence-corrected chi connectivity index (χ3v) is 6.39. The van der Waals surface area contributed by atoms with Crippen LogP contribution in [0, 0.1) is 0 Å². The molecule has 188 valence electrons. The number of hydrogen-bond acceptors (Lipinski definition) is 4. The average Bonchev–Trinajstić information content (AvgIpc) is 2.92. The van der Waals surface area contributed by atoms with E-state index >= 15 is 0 Å². The SMILES string of the molecule is COc1ccc(CN(C(=O)C(c2ccccc2)c2ccccc2)[C@H](Cc2cccc(N)c2)C(N)=O)cc1. The number of carbonyl (C=O) groups excluding carboxylic acids is 2. The molecule has 1 atom stereocenters. The van der Waals surface area contributed by atoms with Gasteiger partial charge in [0.05, 0.1) is 13.0 Å². The van der Waals surface area contributed by atoms with Crippen LogP contribution in [0.5, 0.6) is 5.75 Å². The van der Waals surface area contributed by atoms with Crippen LogP contribution < -0.4 is 16.2 Å². The van der Waals surface area contributed by atoms with Gasteiger partial charge in [-0.25, -0.2) is 0 Å². The summed E-state index contributed by atoms with van der Waals surface area (Å²) in [5.74, 6) is -0.687. The number of ether oxygens (including phenoxy) is 1. The van der Waals surface area contributed by atoms with E-state index in [1.807, 2.05) is 97.1 Å². The molecule has 2 amide bonds. The van der Waals surface area contributed by atoms with E-state index in [9.17, 15) is 9.59 Å².